The molecule has 0 saturated heterocycles. The van der Waals surface area contributed by atoms with Crippen molar-refractivity contribution >= 4 is 28.6 Å². The summed E-state index contributed by atoms with van der Waals surface area (Å²) in [7, 11) is 1.43. The Labute approximate surface area is 220 Å². The maximum atomic E-state index is 15.1. The fourth-order valence-electron chi connectivity index (χ4n) is 4.09. The number of nitrogens with one attached hydrogen (secondary N) is 3. The molecule has 4 aromatic rings. The summed E-state index contributed by atoms with van der Waals surface area (Å²) in [6, 6.07) is 7.38. The molecule has 1 atom stereocenters. The van der Waals surface area contributed by atoms with E-state index in [0.29, 0.717) is 22.2 Å². The molecule has 4 N–H and O–H groups in total. The second-order valence-corrected chi connectivity index (χ2v) is 9.42. The van der Waals surface area contributed by atoms with E-state index in [9.17, 15) is 14.3 Å². The van der Waals surface area contributed by atoms with Crippen molar-refractivity contribution in [3.63, 3.8) is 0 Å². The van der Waals surface area contributed by atoms with Crippen LogP contribution in [0.4, 0.5) is 18.9 Å². The number of hydrogen-bond donors (Lipinski definition) is 4. The summed E-state index contributed by atoms with van der Waals surface area (Å²) >= 11 is 0. The van der Waals surface area contributed by atoms with Crippen molar-refractivity contribution in [2.75, 3.05) is 32.1 Å². The van der Waals surface area contributed by atoms with Gasteiger partial charge in [0.05, 0.1) is 18.5 Å². The van der Waals surface area contributed by atoms with Crippen LogP contribution in [0.15, 0.2) is 53.8 Å². The van der Waals surface area contributed by atoms with E-state index < -0.39 is 34.5 Å². The van der Waals surface area contributed by atoms with E-state index in [0.717, 1.165) is 18.2 Å². The van der Waals surface area contributed by atoms with Gasteiger partial charge >= 0.3 is 0 Å². The lowest BCUT2D eigenvalue weighted by molar-refractivity contribution is 0.0706. The van der Waals surface area contributed by atoms with E-state index in [1.165, 1.54) is 31.4 Å². The Morgan fingerprint density at radius 2 is 1.97 bits per heavy atom. The molecule has 0 radical (unpaired) electrons. The van der Waals surface area contributed by atoms with Gasteiger partial charge in [-0.15, -0.1) is 0 Å². The van der Waals surface area contributed by atoms with Crippen LogP contribution in [0.5, 0.6) is 11.5 Å². The van der Waals surface area contributed by atoms with Crippen LogP contribution in [-0.2, 0) is 4.74 Å². The zero-order chi connectivity index (χ0) is 27.7. The van der Waals surface area contributed by atoms with Crippen molar-refractivity contribution in [1.82, 2.24) is 15.3 Å². The van der Waals surface area contributed by atoms with Crippen molar-refractivity contribution in [1.29, 1.82) is 0 Å². The first-order valence-corrected chi connectivity index (χ1v) is 11.9. The summed E-state index contributed by atoms with van der Waals surface area (Å²) in [6.45, 7) is 2.16. The number of ether oxygens (including phenoxy) is 2. The Hall–Kier alpha value is -4.58. The van der Waals surface area contributed by atoms with E-state index in [1.54, 1.807) is 13.1 Å². The van der Waals surface area contributed by atoms with E-state index in [2.05, 4.69) is 25.6 Å². The molecule has 0 saturated carbocycles. The number of amidine groups is 1. The number of amides is 1. The van der Waals surface area contributed by atoms with Crippen LogP contribution >= 0.6 is 0 Å². The van der Waals surface area contributed by atoms with Crippen LogP contribution in [0, 0.1) is 22.9 Å². The first kappa shape index (κ1) is 26.0. The maximum Gasteiger partial charge on any atom is 0.289 e. The number of halogens is 3. The molecule has 1 aliphatic heterocycles. The van der Waals surface area contributed by atoms with E-state index in [4.69, 9.17) is 9.47 Å². The number of carbonyl (C=O) groups is 1. The zero-order valence-electron chi connectivity index (χ0n) is 20.9. The van der Waals surface area contributed by atoms with E-state index in [-0.39, 0.29) is 42.8 Å². The largest absolute Gasteiger partial charge is 0.464 e. The molecule has 12 heteroatoms. The summed E-state index contributed by atoms with van der Waals surface area (Å²) in [5.41, 5.74) is 0.702. The van der Waals surface area contributed by atoms with Crippen molar-refractivity contribution < 1.29 is 32.5 Å². The summed E-state index contributed by atoms with van der Waals surface area (Å²) in [6.07, 6.45) is 2.93. The number of aliphatic hydroxyl groups excluding tert-OH is 1. The van der Waals surface area contributed by atoms with Crippen molar-refractivity contribution in [3.8, 4) is 22.6 Å². The molecular formula is C27H24F3N5O4. The lowest BCUT2D eigenvalue weighted by Crippen LogP contribution is -2.38. The van der Waals surface area contributed by atoms with Crippen LogP contribution in [0.25, 0.3) is 22.2 Å². The molecule has 2 aromatic heterocycles. The second kappa shape index (κ2) is 10.3. The molecule has 0 bridgehead atoms. The monoisotopic (exact) mass is 539 g/mol. The first-order chi connectivity index (χ1) is 18.7. The van der Waals surface area contributed by atoms with Crippen molar-refractivity contribution in [2.24, 2.45) is 10.4 Å². The highest BCUT2D eigenvalue weighted by Crippen LogP contribution is 2.39. The van der Waals surface area contributed by atoms with Gasteiger partial charge in [0.25, 0.3) is 11.9 Å². The SMILES string of the molecule is CNC(=O)c1cc(F)cc(-c2c[nH]c3nccc(Oc4c(F)cc(NC5=NCC(C)(CO)CO5)cc4F)c23)c1. The minimum atomic E-state index is -0.996. The van der Waals surface area contributed by atoms with Crippen LogP contribution in [0.1, 0.15) is 17.3 Å². The van der Waals surface area contributed by atoms with Crippen LogP contribution in [0.3, 0.4) is 0 Å². The Kier molecular flexibility index (Phi) is 6.87. The third-order valence-corrected chi connectivity index (χ3v) is 6.24. The third-order valence-electron chi connectivity index (χ3n) is 6.24. The number of hydrogen-bond acceptors (Lipinski definition) is 7. The Morgan fingerprint density at radius 1 is 1.21 bits per heavy atom. The highest BCUT2D eigenvalue weighted by atomic mass is 19.1. The fraction of sp³-hybridized carbons (Fsp3) is 0.222. The number of fused-ring (bicyclic) bond motifs is 1. The summed E-state index contributed by atoms with van der Waals surface area (Å²) in [5, 5.41) is 14.9. The molecule has 0 fully saturated rings. The van der Waals surface area contributed by atoms with E-state index >= 15 is 8.78 Å². The van der Waals surface area contributed by atoms with Crippen molar-refractivity contribution in [2.45, 2.75) is 6.92 Å². The molecule has 2 aromatic carbocycles. The number of carbonyl (C=O) groups excluding carboxylic acids is 1. The van der Waals surface area contributed by atoms with Gasteiger partial charge in [0, 0.05) is 53.8 Å². The summed E-state index contributed by atoms with van der Waals surface area (Å²) < 4.78 is 55.7. The minimum Gasteiger partial charge on any atom is -0.464 e. The smallest absolute Gasteiger partial charge is 0.289 e. The number of anilines is 1. The van der Waals surface area contributed by atoms with Crippen LogP contribution < -0.4 is 15.4 Å². The predicted octanol–water partition coefficient (Wildman–Crippen LogP) is 4.60. The highest BCUT2D eigenvalue weighted by molar-refractivity contribution is 6.00. The van der Waals surface area contributed by atoms with Gasteiger partial charge in [0.15, 0.2) is 17.4 Å². The maximum absolute atomic E-state index is 15.1. The van der Waals surface area contributed by atoms with E-state index in [1.807, 2.05) is 0 Å². The number of aliphatic imine (C=N–C) groups is 1. The Morgan fingerprint density at radius 3 is 2.64 bits per heavy atom. The lowest BCUT2D eigenvalue weighted by atomic mass is 9.93. The summed E-state index contributed by atoms with van der Waals surface area (Å²) in [5.74, 6) is -3.71. The molecule has 3 heterocycles. The van der Waals surface area contributed by atoms with Gasteiger partial charge in [-0.2, -0.15) is 0 Å². The number of aromatic nitrogens is 2. The molecule has 0 spiro atoms. The van der Waals surface area contributed by atoms with Gasteiger partial charge in [-0.1, -0.05) is 6.92 Å². The molecule has 9 nitrogen and oxygen atoms in total. The number of benzene rings is 2. The van der Waals surface area contributed by atoms with Gasteiger partial charge in [-0.3, -0.25) is 4.79 Å². The average molecular weight is 540 g/mol. The lowest BCUT2D eigenvalue weighted by Gasteiger charge is -2.30. The van der Waals surface area contributed by atoms with Crippen LogP contribution in [0.2, 0.25) is 0 Å². The molecule has 0 aliphatic carbocycles. The number of pyridine rings is 1. The van der Waals surface area contributed by atoms with Gasteiger partial charge in [-0.05, 0) is 29.8 Å². The molecule has 1 aliphatic rings. The molecule has 39 heavy (non-hydrogen) atoms. The Bertz CT molecular complexity index is 1580. The van der Waals surface area contributed by atoms with Gasteiger partial charge in [0.1, 0.15) is 23.8 Å². The van der Waals surface area contributed by atoms with Gasteiger partial charge < -0.3 is 30.2 Å². The van der Waals surface area contributed by atoms with Crippen LogP contribution in [-0.4, -0.2) is 53.8 Å². The third kappa shape index (κ3) is 5.23. The number of aromatic amines is 1. The minimum absolute atomic E-state index is 0.0485. The molecule has 1 amide bonds. The highest BCUT2D eigenvalue weighted by Gasteiger charge is 2.29. The average Bonchev–Trinajstić information content (AvgIpc) is 3.36. The van der Waals surface area contributed by atoms with Crippen molar-refractivity contribution in [3.05, 3.63) is 71.8 Å². The predicted molar refractivity (Wildman–Crippen MR) is 138 cm³/mol. The van der Waals surface area contributed by atoms with Gasteiger partial charge in [-0.25, -0.2) is 23.1 Å². The number of aliphatic hydroxyl groups is 1. The fourth-order valence-corrected chi connectivity index (χ4v) is 4.09. The molecule has 5 rings (SSSR count). The standard InChI is InChI=1S/C27H24F3N5O4/c1-27(12-36)11-34-26(38-13-27)35-17-8-19(29)23(20(30)9-17)39-21-3-4-32-24-22(21)18(10-33-24)14-5-15(25(37)31-2)7-16(28)6-14/h3-10,36H,11-13H2,1-2H3,(H,31,37)(H,32,33)(H,34,35). The number of nitrogens with zero attached hydrogens (tertiary/aromatic N) is 2. The Balaban J connectivity index is 1.47. The topological polar surface area (TPSA) is 121 Å². The molecule has 1 unspecified atom stereocenters. The normalized spacial score (nSPS) is 16.9. The number of H-pyrrole nitrogens is 1. The first-order valence-electron chi connectivity index (χ1n) is 11.9. The summed E-state index contributed by atoms with van der Waals surface area (Å²) in [4.78, 5) is 23.4. The second-order valence-electron chi connectivity index (χ2n) is 9.42. The van der Waals surface area contributed by atoms with Gasteiger partial charge in [0.2, 0.25) is 0 Å². The quantitative estimate of drug-likeness (QED) is 0.284. The molecular weight excluding hydrogens is 515 g/mol. The number of rotatable bonds is 6. The zero-order valence-corrected chi connectivity index (χ0v) is 20.9. The molecule has 202 valence electrons.